The summed E-state index contributed by atoms with van der Waals surface area (Å²) in [5.41, 5.74) is 0.00406. The summed E-state index contributed by atoms with van der Waals surface area (Å²) >= 11 is 0. The van der Waals surface area contributed by atoms with Crippen LogP contribution in [0.5, 0.6) is 0 Å². The highest BCUT2D eigenvalue weighted by molar-refractivity contribution is 7.89. The minimum absolute atomic E-state index is 0.00406. The molecule has 1 heterocycles. The number of nitrogens with zero attached hydrogens (tertiary/aromatic N) is 1. The van der Waals surface area contributed by atoms with Crippen LogP contribution in [0.1, 0.15) is 5.56 Å². The van der Waals surface area contributed by atoms with Gasteiger partial charge in [-0.15, -0.1) is 0 Å². The maximum absolute atomic E-state index is 13.4. The number of hydrogen-bond donors (Lipinski definition) is 2. The van der Waals surface area contributed by atoms with Gasteiger partial charge in [-0.2, -0.15) is 0 Å². The molecule has 0 saturated carbocycles. The van der Waals surface area contributed by atoms with Crippen molar-refractivity contribution in [1.82, 2.24) is 9.71 Å². The minimum atomic E-state index is -3.53. The number of benzene rings is 1. The molecule has 2 aromatic rings. The van der Waals surface area contributed by atoms with Crippen molar-refractivity contribution in [2.24, 2.45) is 0 Å². The predicted octanol–water partition coefficient (Wildman–Crippen LogP) is 1.92. The molecule has 0 aliphatic heterocycles. The predicted molar refractivity (Wildman–Crippen MR) is 79.0 cm³/mol. The van der Waals surface area contributed by atoms with Gasteiger partial charge in [-0.3, -0.25) is 0 Å². The van der Waals surface area contributed by atoms with Crippen molar-refractivity contribution in [1.29, 1.82) is 0 Å². The number of sulfonamides is 1. The molecule has 0 aliphatic carbocycles. The number of hydrogen-bond acceptors (Lipinski definition) is 4. The second-order valence-corrected chi connectivity index (χ2v) is 6.35. The van der Waals surface area contributed by atoms with Gasteiger partial charge < -0.3 is 5.32 Å². The fraction of sp³-hybridized carbons (Fsp3) is 0.214. The lowest BCUT2D eigenvalue weighted by molar-refractivity contribution is 0.557. The van der Waals surface area contributed by atoms with Crippen molar-refractivity contribution >= 4 is 15.8 Å². The van der Waals surface area contributed by atoms with E-state index in [0.717, 1.165) is 0 Å². The smallest absolute Gasteiger partial charge is 0.241 e. The molecule has 0 atom stereocenters. The van der Waals surface area contributed by atoms with Gasteiger partial charge in [0.05, 0.1) is 0 Å². The molecule has 1 aromatic heterocycles. The second kappa shape index (κ2) is 6.80. The Morgan fingerprint density at radius 1 is 1.14 bits per heavy atom. The Bertz CT molecular complexity index is 729. The molecule has 0 radical (unpaired) electrons. The van der Waals surface area contributed by atoms with Gasteiger partial charge in [0.15, 0.2) is 0 Å². The average molecular weight is 327 g/mol. The van der Waals surface area contributed by atoms with Crippen molar-refractivity contribution in [2.75, 3.05) is 18.9 Å². The Morgan fingerprint density at radius 3 is 2.36 bits per heavy atom. The number of nitrogens with one attached hydrogen (secondary N) is 2. The molecule has 0 aliphatic rings. The van der Waals surface area contributed by atoms with Crippen LogP contribution in [-0.4, -0.2) is 27.0 Å². The molecular weight excluding hydrogens is 312 g/mol. The van der Waals surface area contributed by atoms with Gasteiger partial charge in [-0.25, -0.2) is 26.9 Å². The molecule has 2 N–H and O–H groups in total. The number of aromatic nitrogens is 1. The van der Waals surface area contributed by atoms with E-state index in [0.29, 0.717) is 5.82 Å². The van der Waals surface area contributed by atoms with Crippen molar-refractivity contribution in [3.05, 3.63) is 53.7 Å². The summed E-state index contributed by atoms with van der Waals surface area (Å²) < 4.78 is 52.1. The van der Waals surface area contributed by atoms with E-state index in [1.165, 1.54) is 43.6 Å². The van der Waals surface area contributed by atoms with Crippen molar-refractivity contribution < 1.29 is 17.2 Å². The van der Waals surface area contributed by atoms with Crippen molar-refractivity contribution in [3.63, 3.8) is 0 Å². The Morgan fingerprint density at radius 2 is 1.82 bits per heavy atom. The molecule has 0 unspecified atom stereocenters. The molecule has 0 saturated heterocycles. The van der Waals surface area contributed by atoms with E-state index in [4.69, 9.17) is 0 Å². The zero-order valence-electron chi connectivity index (χ0n) is 11.8. The van der Waals surface area contributed by atoms with Crippen molar-refractivity contribution in [3.8, 4) is 0 Å². The monoisotopic (exact) mass is 327 g/mol. The first-order valence-electron chi connectivity index (χ1n) is 6.50. The molecular formula is C14H15F2N3O2S. The molecule has 22 heavy (non-hydrogen) atoms. The topological polar surface area (TPSA) is 71.1 Å². The lowest BCUT2D eigenvalue weighted by Crippen LogP contribution is -2.18. The summed E-state index contributed by atoms with van der Waals surface area (Å²) in [6.45, 7) is 0.267. The molecule has 1 aromatic carbocycles. The number of pyridine rings is 1. The van der Waals surface area contributed by atoms with Gasteiger partial charge >= 0.3 is 0 Å². The Kier molecular flexibility index (Phi) is 5.04. The molecule has 8 heteroatoms. The van der Waals surface area contributed by atoms with Gasteiger partial charge in [0, 0.05) is 18.3 Å². The van der Waals surface area contributed by atoms with E-state index >= 15 is 0 Å². The Balaban J connectivity index is 1.98. The van der Waals surface area contributed by atoms with Gasteiger partial charge in [0.25, 0.3) is 0 Å². The highest BCUT2D eigenvalue weighted by atomic mass is 32.2. The molecule has 5 nitrogen and oxygen atoms in total. The zero-order valence-corrected chi connectivity index (χ0v) is 12.6. The van der Waals surface area contributed by atoms with Crippen LogP contribution in [-0.2, 0) is 16.4 Å². The summed E-state index contributed by atoms with van der Waals surface area (Å²) in [7, 11) is -2.22. The van der Waals surface area contributed by atoms with Crippen LogP contribution in [0.25, 0.3) is 0 Å². The third kappa shape index (κ3) is 3.77. The van der Waals surface area contributed by atoms with E-state index in [1.54, 1.807) is 0 Å². The fourth-order valence-electron chi connectivity index (χ4n) is 1.85. The van der Waals surface area contributed by atoms with Crippen LogP contribution in [0, 0.1) is 11.6 Å². The molecule has 0 bridgehead atoms. The van der Waals surface area contributed by atoms with Crippen LogP contribution in [0.4, 0.5) is 14.6 Å². The lowest BCUT2D eigenvalue weighted by Gasteiger charge is -2.08. The van der Waals surface area contributed by atoms with Gasteiger partial charge in [0.2, 0.25) is 10.0 Å². The van der Waals surface area contributed by atoms with Crippen LogP contribution >= 0.6 is 0 Å². The Hall–Kier alpha value is -2.06. The zero-order chi connectivity index (χ0) is 16.2. The van der Waals surface area contributed by atoms with Gasteiger partial charge in [-0.05, 0) is 37.7 Å². The summed E-state index contributed by atoms with van der Waals surface area (Å²) in [6, 6.07) is 6.60. The van der Waals surface area contributed by atoms with E-state index in [-0.39, 0.29) is 23.4 Å². The maximum atomic E-state index is 13.4. The normalized spacial score (nSPS) is 11.4. The first kappa shape index (κ1) is 16.3. The summed E-state index contributed by atoms with van der Waals surface area (Å²) in [4.78, 5) is 3.99. The summed E-state index contributed by atoms with van der Waals surface area (Å²) in [5.74, 6) is -0.762. The van der Waals surface area contributed by atoms with E-state index in [1.807, 2.05) is 0 Å². The van der Waals surface area contributed by atoms with Crippen molar-refractivity contribution in [2.45, 2.75) is 11.3 Å². The van der Waals surface area contributed by atoms with E-state index < -0.39 is 21.7 Å². The number of rotatable bonds is 6. The first-order chi connectivity index (χ1) is 10.4. The van der Waals surface area contributed by atoms with Gasteiger partial charge in [-0.1, -0.05) is 6.07 Å². The molecule has 2 rings (SSSR count). The SMILES string of the molecule is CNS(=O)(=O)c1ccc(NCCc2c(F)cccc2F)nc1. The lowest BCUT2D eigenvalue weighted by atomic mass is 10.1. The highest BCUT2D eigenvalue weighted by Crippen LogP contribution is 2.14. The standard InChI is InChI=1S/C14H15F2N3O2S/c1-17-22(20,21)10-5-6-14(19-9-10)18-8-7-11-12(15)3-2-4-13(11)16/h2-6,9,17H,7-8H2,1H3,(H,18,19). The average Bonchev–Trinajstić information content (AvgIpc) is 2.51. The number of halogens is 2. The Labute approximate surface area is 127 Å². The molecule has 0 spiro atoms. The third-order valence-corrected chi connectivity index (χ3v) is 4.46. The first-order valence-corrected chi connectivity index (χ1v) is 7.98. The van der Waals surface area contributed by atoms with Crippen LogP contribution in [0.3, 0.4) is 0 Å². The van der Waals surface area contributed by atoms with Crippen LogP contribution in [0.2, 0.25) is 0 Å². The molecule has 118 valence electrons. The molecule has 0 amide bonds. The number of anilines is 1. The quantitative estimate of drug-likeness (QED) is 0.850. The second-order valence-electron chi connectivity index (χ2n) is 4.46. The summed E-state index contributed by atoms with van der Waals surface area (Å²) in [5, 5.41) is 2.88. The van der Waals surface area contributed by atoms with E-state index in [9.17, 15) is 17.2 Å². The largest absolute Gasteiger partial charge is 0.370 e. The summed E-state index contributed by atoms with van der Waals surface area (Å²) in [6.07, 6.45) is 1.36. The molecule has 0 fully saturated rings. The minimum Gasteiger partial charge on any atom is -0.370 e. The fourth-order valence-corrected chi connectivity index (χ4v) is 2.52. The highest BCUT2D eigenvalue weighted by Gasteiger charge is 2.11. The third-order valence-electron chi connectivity index (χ3n) is 3.06. The van der Waals surface area contributed by atoms with E-state index in [2.05, 4.69) is 15.0 Å². The van der Waals surface area contributed by atoms with Crippen LogP contribution < -0.4 is 10.0 Å². The maximum Gasteiger partial charge on any atom is 0.241 e. The van der Waals surface area contributed by atoms with Gasteiger partial charge in [0.1, 0.15) is 22.3 Å². The van der Waals surface area contributed by atoms with Crippen LogP contribution in [0.15, 0.2) is 41.4 Å².